The van der Waals surface area contributed by atoms with Crippen LogP contribution in [0.1, 0.15) is 34.4 Å². The molecule has 6 nitrogen and oxygen atoms in total. The third-order valence-electron chi connectivity index (χ3n) is 4.94. The van der Waals surface area contributed by atoms with Gasteiger partial charge in [-0.05, 0) is 43.4 Å². The van der Waals surface area contributed by atoms with Gasteiger partial charge in [-0.2, -0.15) is 5.26 Å². The fraction of sp³-hybridized carbons (Fsp3) is 0.217. The zero-order valence-corrected chi connectivity index (χ0v) is 17.0. The zero-order chi connectivity index (χ0) is 20.9. The Kier molecular flexibility index (Phi) is 5.87. The van der Waals surface area contributed by atoms with Crippen molar-refractivity contribution in [1.82, 2.24) is 4.98 Å². The van der Waals surface area contributed by atoms with Crippen LogP contribution < -0.4 is 5.32 Å². The molecule has 30 heavy (non-hydrogen) atoms. The van der Waals surface area contributed by atoms with Crippen molar-refractivity contribution in [2.24, 2.45) is 0 Å². The number of amides is 1. The van der Waals surface area contributed by atoms with Crippen molar-refractivity contribution in [3.8, 4) is 6.07 Å². The van der Waals surface area contributed by atoms with E-state index in [2.05, 4.69) is 16.4 Å². The smallest absolute Gasteiger partial charge is 0.331 e. The number of nitrogens with zero attached hydrogens (tertiary/aromatic N) is 2. The minimum Gasteiger partial charge on any atom is -0.452 e. The normalized spacial score (nSPS) is 13.0. The standard InChI is InChI=1S/C23H19N3O3S/c24-13-18-17-8-1-2-9-19(17)30-23(18)26-20(27)14-29-21(28)11-10-16-6-3-5-15-7-4-12-25-22(15)16/h3-7,10-12H,1-2,8-9,14H2,(H,26,27)/b11-10+. The number of aromatic nitrogens is 1. The van der Waals surface area contributed by atoms with E-state index in [0.29, 0.717) is 10.6 Å². The van der Waals surface area contributed by atoms with Crippen molar-refractivity contribution in [3.05, 3.63) is 64.2 Å². The minimum atomic E-state index is -0.621. The van der Waals surface area contributed by atoms with E-state index in [9.17, 15) is 14.9 Å². The summed E-state index contributed by atoms with van der Waals surface area (Å²) in [5.74, 6) is -1.08. The average Bonchev–Trinajstić information content (AvgIpc) is 3.13. The van der Waals surface area contributed by atoms with Crippen molar-refractivity contribution in [3.63, 3.8) is 0 Å². The monoisotopic (exact) mass is 417 g/mol. The fourth-order valence-electron chi connectivity index (χ4n) is 3.54. The molecule has 0 saturated carbocycles. The Hall–Kier alpha value is -3.50. The molecule has 0 spiro atoms. The number of fused-ring (bicyclic) bond motifs is 2. The molecule has 1 aliphatic carbocycles. The number of rotatable bonds is 5. The topological polar surface area (TPSA) is 92.1 Å². The van der Waals surface area contributed by atoms with Crippen LogP contribution >= 0.6 is 11.3 Å². The Morgan fingerprint density at radius 2 is 2.07 bits per heavy atom. The van der Waals surface area contributed by atoms with Gasteiger partial charge in [-0.15, -0.1) is 11.3 Å². The van der Waals surface area contributed by atoms with Crippen LogP contribution in [0.5, 0.6) is 0 Å². The van der Waals surface area contributed by atoms with Gasteiger partial charge in [-0.1, -0.05) is 24.3 Å². The molecule has 1 amide bonds. The quantitative estimate of drug-likeness (QED) is 0.495. The van der Waals surface area contributed by atoms with Gasteiger partial charge in [-0.25, -0.2) is 4.79 Å². The van der Waals surface area contributed by atoms with Crippen molar-refractivity contribution < 1.29 is 14.3 Å². The van der Waals surface area contributed by atoms with Crippen molar-refractivity contribution in [2.45, 2.75) is 25.7 Å². The molecule has 7 heteroatoms. The maximum absolute atomic E-state index is 12.2. The molecule has 0 aliphatic heterocycles. The van der Waals surface area contributed by atoms with E-state index in [-0.39, 0.29) is 0 Å². The molecular formula is C23H19N3O3S. The molecule has 4 rings (SSSR count). The number of esters is 1. The van der Waals surface area contributed by atoms with Gasteiger partial charge < -0.3 is 10.1 Å². The number of thiophene rings is 1. The van der Waals surface area contributed by atoms with Crippen LogP contribution in [0.2, 0.25) is 0 Å². The summed E-state index contributed by atoms with van der Waals surface area (Å²) in [5.41, 5.74) is 3.16. The van der Waals surface area contributed by atoms with Crippen LogP contribution in [-0.2, 0) is 27.2 Å². The number of carbonyl (C=O) groups excluding carboxylic acids is 2. The average molecular weight is 417 g/mol. The number of hydrogen-bond acceptors (Lipinski definition) is 6. The van der Waals surface area contributed by atoms with Crippen molar-refractivity contribution in [2.75, 3.05) is 11.9 Å². The molecule has 0 fully saturated rings. The van der Waals surface area contributed by atoms with E-state index < -0.39 is 18.5 Å². The number of ether oxygens (including phenoxy) is 1. The van der Waals surface area contributed by atoms with Crippen molar-refractivity contribution >= 4 is 45.2 Å². The minimum absolute atomic E-state index is 0.412. The molecule has 3 aromatic rings. The first-order valence-corrected chi connectivity index (χ1v) is 10.5. The molecule has 0 saturated heterocycles. The lowest BCUT2D eigenvalue weighted by atomic mass is 9.96. The summed E-state index contributed by atoms with van der Waals surface area (Å²) >= 11 is 1.44. The second kappa shape index (κ2) is 8.89. The number of anilines is 1. The Morgan fingerprint density at radius 1 is 1.23 bits per heavy atom. The van der Waals surface area contributed by atoms with Gasteiger partial charge in [0, 0.05) is 28.1 Å². The molecule has 2 heterocycles. The number of benzene rings is 1. The van der Waals surface area contributed by atoms with Crippen LogP contribution in [0.15, 0.2) is 42.6 Å². The van der Waals surface area contributed by atoms with Crippen LogP contribution in [0.4, 0.5) is 5.00 Å². The summed E-state index contributed by atoms with van der Waals surface area (Å²) in [7, 11) is 0. The van der Waals surface area contributed by atoms with E-state index in [4.69, 9.17) is 4.74 Å². The van der Waals surface area contributed by atoms with E-state index in [0.717, 1.165) is 52.6 Å². The highest BCUT2D eigenvalue weighted by atomic mass is 32.1. The van der Waals surface area contributed by atoms with Gasteiger partial charge in [0.25, 0.3) is 5.91 Å². The van der Waals surface area contributed by atoms with Crippen LogP contribution in [0, 0.1) is 11.3 Å². The number of nitrogens with one attached hydrogen (secondary N) is 1. The number of para-hydroxylation sites is 1. The number of pyridine rings is 1. The zero-order valence-electron chi connectivity index (χ0n) is 16.2. The predicted molar refractivity (Wildman–Crippen MR) is 116 cm³/mol. The summed E-state index contributed by atoms with van der Waals surface area (Å²) in [6.07, 6.45) is 8.56. The Bertz CT molecular complexity index is 1180. The summed E-state index contributed by atoms with van der Waals surface area (Å²) in [4.78, 5) is 29.7. The number of carbonyl (C=O) groups is 2. The Labute approximate surface area is 177 Å². The molecule has 1 aromatic carbocycles. The summed E-state index contributed by atoms with van der Waals surface area (Å²) < 4.78 is 5.05. The van der Waals surface area contributed by atoms with Gasteiger partial charge in [0.05, 0.1) is 11.1 Å². The maximum atomic E-state index is 12.2. The van der Waals surface area contributed by atoms with E-state index >= 15 is 0 Å². The van der Waals surface area contributed by atoms with E-state index in [1.165, 1.54) is 17.4 Å². The van der Waals surface area contributed by atoms with Crippen LogP contribution in [-0.4, -0.2) is 23.5 Å². The molecule has 2 aromatic heterocycles. The lowest BCUT2D eigenvalue weighted by molar-refractivity contribution is -0.142. The number of aryl methyl sites for hydroxylation is 1. The second-order valence-corrected chi connectivity index (χ2v) is 8.04. The second-order valence-electron chi connectivity index (χ2n) is 6.94. The molecule has 0 atom stereocenters. The highest BCUT2D eigenvalue weighted by Gasteiger charge is 2.22. The lowest BCUT2D eigenvalue weighted by Gasteiger charge is -2.09. The highest BCUT2D eigenvalue weighted by Crippen LogP contribution is 2.37. The van der Waals surface area contributed by atoms with Gasteiger partial charge >= 0.3 is 5.97 Å². The predicted octanol–water partition coefficient (Wildman–Crippen LogP) is 4.24. The molecule has 0 bridgehead atoms. The molecule has 1 N–H and O–H groups in total. The summed E-state index contributed by atoms with van der Waals surface area (Å²) in [5, 5.41) is 13.7. The summed E-state index contributed by atoms with van der Waals surface area (Å²) in [6.45, 7) is -0.412. The first-order chi connectivity index (χ1) is 14.7. The van der Waals surface area contributed by atoms with Gasteiger partial charge in [0.15, 0.2) is 6.61 Å². The lowest BCUT2D eigenvalue weighted by Crippen LogP contribution is -2.20. The van der Waals surface area contributed by atoms with E-state index in [1.807, 2.05) is 30.3 Å². The molecular weight excluding hydrogens is 398 g/mol. The molecule has 0 unspecified atom stereocenters. The third-order valence-corrected chi connectivity index (χ3v) is 6.15. The first kappa shape index (κ1) is 19.8. The Morgan fingerprint density at radius 3 is 2.93 bits per heavy atom. The first-order valence-electron chi connectivity index (χ1n) is 9.69. The van der Waals surface area contributed by atoms with Crippen molar-refractivity contribution in [1.29, 1.82) is 5.26 Å². The largest absolute Gasteiger partial charge is 0.452 e. The molecule has 150 valence electrons. The molecule has 0 radical (unpaired) electrons. The molecule has 1 aliphatic rings. The van der Waals surface area contributed by atoms with Gasteiger partial charge in [0.2, 0.25) is 0 Å². The van der Waals surface area contributed by atoms with E-state index in [1.54, 1.807) is 12.3 Å². The number of nitriles is 1. The third kappa shape index (κ3) is 4.24. The van der Waals surface area contributed by atoms with Gasteiger partial charge in [0.1, 0.15) is 11.1 Å². The van der Waals surface area contributed by atoms with Gasteiger partial charge in [-0.3, -0.25) is 9.78 Å². The fourth-order valence-corrected chi connectivity index (χ4v) is 4.80. The van der Waals surface area contributed by atoms with Crippen LogP contribution in [0.25, 0.3) is 17.0 Å². The summed E-state index contributed by atoms with van der Waals surface area (Å²) in [6, 6.07) is 11.7. The maximum Gasteiger partial charge on any atom is 0.331 e. The van der Waals surface area contributed by atoms with Crippen LogP contribution in [0.3, 0.4) is 0 Å². The Balaban J connectivity index is 1.36. The highest BCUT2D eigenvalue weighted by molar-refractivity contribution is 7.16. The number of hydrogen-bond donors (Lipinski definition) is 1. The SMILES string of the molecule is N#Cc1c(NC(=O)COC(=O)/C=C/c2cccc3cccnc23)sc2c1CCCC2.